The van der Waals surface area contributed by atoms with E-state index in [9.17, 15) is 4.79 Å². The number of piperazine rings is 1. The monoisotopic (exact) mass is 334 g/mol. The number of nitrogens with zero attached hydrogens (tertiary/aromatic N) is 4. The fourth-order valence-electron chi connectivity index (χ4n) is 2.66. The molecule has 0 spiro atoms. The second kappa shape index (κ2) is 7.70. The van der Waals surface area contributed by atoms with Crippen molar-refractivity contribution in [2.24, 2.45) is 0 Å². The highest BCUT2D eigenvalue weighted by atomic mass is 32.1. The van der Waals surface area contributed by atoms with Crippen LogP contribution >= 0.6 is 11.3 Å². The molecule has 1 fully saturated rings. The van der Waals surface area contributed by atoms with Crippen LogP contribution in [0.25, 0.3) is 10.8 Å². The van der Waals surface area contributed by atoms with E-state index in [1.165, 1.54) is 0 Å². The molecule has 0 atom stereocenters. The minimum Gasteiger partial charge on any atom is -0.340 e. The molecule has 0 aromatic carbocycles. The molecule has 2 aromatic rings. The van der Waals surface area contributed by atoms with Gasteiger partial charge in [-0.15, -0.1) is 11.3 Å². The molecule has 0 saturated carbocycles. The smallest absolute Gasteiger partial charge is 0.268 e. The molecule has 3 heterocycles. The van der Waals surface area contributed by atoms with Gasteiger partial charge >= 0.3 is 0 Å². The number of carbonyl (C=O) groups excluding carboxylic acids is 1. The van der Waals surface area contributed by atoms with Gasteiger partial charge in [0.1, 0.15) is 0 Å². The number of unbranched alkanes of at least 4 members (excludes halogenated alkanes) is 1. The third kappa shape index (κ3) is 4.17. The summed E-state index contributed by atoms with van der Waals surface area (Å²) in [7, 11) is 0. The number of aromatic nitrogens is 2. The Balaban J connectivity index is 1.48. The fraction of sp³-hybridized carbons (Fsp3) is 0.562. The zero-order valence-corrected chi connectivity index (χ0v) is 14.2. The highest BCUT2D eigenvalue weighted by molar-refractivity contribution is 7.13. The van der Waals surface area contributed by atoms with Crippen molar-refractivity contribution in [3.63, 3.8) is 0 Å². The summed E-state index contributed by atoms with van der Waals surface area (Å²) in [5.74, 6) is 1.58. The molecule has 23 heavy (non-hydrogen) atoms. The summed E-state index contributed by atoms with van der Waals surface area (Å²) in [5, 5.41) is 6.05. The van der Waals surface area contributed by atoms with Crippen molar-refractivity contribution in [1.29, 1.82) is 0 Å². The average Bonchev–Trinajstić information content (AvgIpc) is 3.24. The fourth-order valence-corrected chi connectivity index (χ4v) is 3.30. The van der Waals surface area contributed by atoms with Crippen molar-refractivity contribution in [2.45, 2.75) is 32.7 Å². The first-order chi connectivity index (χ1) is 11.3. The van der Waals surface area contributed by atoms with Gasteiger partial charge in [-0.3, -0.25) is 9.69 Å². The van der Waals surface area contributed by atoms with Gasteiger partial charge < -0.3 is 9.42 Å². The molecule has 1 aliphatic rings. The van der Waals surface area contributed by atoms with Crippen LogP contribution in [0.4, 0.5) is 0 Å². The predicted octanol–water partition coefficient (Wildman–Crippen LogP) is 2.63. The highest BCUT2D eigenvalue weighted by Gasteiger charge is 2.22. The Morgan fingerprint density at radius 2 is 2.17 bits per heavy atom. The molecule has 2 aromatic heterocycles. The Morgan fingerprint density at radius 1 is 1.35 bits per heavy atom. The number of hydrogen-bond donors (Lipinski definition) is 0. The van der Waals surface area contributed by atoms with Crippen LogP contribution < -0.4 is 0 Å². The molecule has 0 N–H and O–H groups in total. The van der Waals surface area contributed by atoms with Gasteiger partial charge in [0.15, 0.2) is 5.82 Å². The van der Waals surface area contributed by atoms with Gasteiger partial charge in [0.05, 0.1) is 11.4 Å². The first-order valence-corrected chi connectivity index (χ1v) is 9.01. The molecular weight excluding hydrogens is 312 g/mol. The van der Waals surface area contributed by atoms with Gasteiger partial charge in [-0.05, 0) is 17.9 Å². The lowest BCUT2D eigenvalue weighted by molar-refractivity contribution is -0.133. The average molecular weight is 334 g/mol. The second-order valence-electron chi connectivity index (χ2n) is 5.75. The summed E-state index contributed by atoms with van der Waals surface area (Å²) in [4.78, 5) is 21.7. The predicted molar refractivity (Wildman–Crippen MR) is 89.0 cm³/mol. The number of carbonyl (C=O) groups is 1. The topological polar surface area (TPSA) is 62.5 Å². The van der Waals surface area contributed by atoms with Gasteiger partial charge in [0.2, 0.25) is 5.91 Å². The lowest BCUT2D eigenvalue weighted by Gasteiger charge is -2.34. The SMILES string of the molecule is CCCCC(=O)N1CCN(Cc2noc(-c3cccs3)n2)CC1. The van der Waals surface area contributed by atoms with Gasteiger partial charge in [-0.1, -0.05) is 24.6 Å². The van der Waals surface area contributed by atoms with E-state index in [0.717, 1.165) is 43.9 Å². The number of amides is 1. The Hall–Kier alpha value is -1.73. The molecule has 3 rings (SSSR count). The van der Waals surface area contributed by atoms with Gasteiger partial charge in [0.25, 0.3) is 5.89 Å². The first-order valence-electron chi connectivity index (χ1n) is 8.13. The van der Waals surface area contributed by atoms with Crippen molar-refractivity contribution < 1.29 is 9.32 Å². The molecule has 0 unspecified atom stereocenters. The number of thiophene rings is 1. The van der Waals surface area contributed by atoms with Crippen molar-refractivity contribution in [2.75, 3.05) is 26.2 Å². The lowest BCUT2D eigenvalue weighted by Crippen LogP contribution is -2.48. The summed E-state index contributed by atoms with van der Waals surface area (Å²) in [6.45, 7) is 6.09. The van der Waals surface area contributed by atoms with Crippen molar-refractivity contribution in [3.8, 4) is 10.8 Å². The third-order valence-electron chi connectivity index (χ3n) is 4.03. The highest BCUT2D eigenvalue weighted by Crippen LogP contribution is 2.22. The quantitative estimate of drug-likeness (QED) is 0.812. The van der Waals surface area contributed by atoms with Crippen LogP contribution in [0.5, 0.6) is 0 Å². The second-order valence-corrected chi connectivity index (χ2v) is 6.70. The maximum absolute atomic E-state index is 12.0. The van der Waals surface area contributed by atoms with Crippen LogP contribution in [-0.4, -0.2) is 52.0 Å². The zero-order valence-electron chi connectivity index (χ0n) is 13.4. The van der Waals surface area contributed by atoms with Gasteiger partial charge in [0, 0.05) is 32.6 Å². The lowest BCUT2D eigenvalue weighted by atomic mass is 10.2. The first kappa shape index (κ1) is 16.1. The van der Waals surface area contributed by atoms with E-state index in [2.05, 4.69) is 22.0 Å². The normalized spacial score (nSPS) is 16.0. The van der Waals surface area contributed by atoms with Gasteiger partial charge in [-0.25, -0.2) is 0 Å². The Bertz CT molecular complexity index is 618. The summed E-state index contributed by atoms with van der Waals surface area (Å²) in [6.07, 6.45) is 2.72. The zero-order chi connectivity index (χ0) is 16.1. The van der Waals surface area contributed by atoms with E-state index in [4.69, 9.17) is 4.52 Å². The number of hydrogen-bond acceptors (Lipinski definition) is 6. The van der Waals surface area contributed by atoms with E-state index in [1.54, 1.807) is 11.3 Å². The van der Waals surface area contributed by atoms with Crippen molar-refractivity contribution in [3.05, 3.63) is 23.3 Å². The van der Waals surface area contributed by atoms with Crippen LogP contribution in [0, 0.1) is 0 Å². The summed E-state index contributed by atoms with van der Waals surface area (Å²) < 4.78 is 5.31. The Morgan fingerprint density at radius 3 is 2.87 bits per heavy atom. The molecule has 6 nitrogen and oxygen atoms in total. The minimum absolute atomic E-state index is 0.283. The van der Waals surface area contributed by atoms with E-state index in [-0.39, 0.29) is 5.91 Å². The van der Waals surface area contributed by atoms with Crippen molar-refractivity contribution >= 4 is 17.2 Å². The molecule has 1 saturated heterocycles. The maximum Gasteiger partial charge on any atom is 0.268 e. The molecular formula is C16H22N4O2S. The van der Waals surface area contributed by atoms with E-state index in [1.807, 2.05) is 22.4 Å². The largest absolute Gasteiger partial charge is 0.340 e. The van der Waals surface area contributed by atoms with Crippen LogP contribution in [0.15, 0.2) is 22.0 Å². The van der Waals surface area contributed by atoms with Crippen LogP contribution in [0.1, 0.15) is 32.0 Å². The molecule has 1 amide bonds. The van der Waals surface area contributed by atoms with E-state index >= 15 is 0 Å². The van der Waals surface area contributed by atoms with E-state index < -0.39 is 0 Å². The third-order valence-corrected chi connectivity index (χ3v) is 4.89. The maximum atomic E-state index is 12.0. The van der Waals surface area contributed by atoms with Crippen molar-refractivity contribution in [1.82, 2.24) is 19.9 Å². The Labute approximate surface area is 140 Å². The minimum atomic E-state index is 0.283. The summed E-state index contributed by atoms with van der Waals surface area (Å²) >= 11 is 1.59. The van der Waals surface area contributed by atoms with E-state index in [0.29, 0.717) is 24.7 Å². The molecule has 7 heteroatoms. The summed E-state index contributed by atoms with van der Waals surface area (Å²) in [5.41, 5.74) is 0. The van der Waals surface area contributed by atoms with Crippen LogP contribution in [-0.2, 0) is 11.3 Å². The van der Waals surface area contributed by atoms with Crippen LogP contribution in [0.2, 0.25) is 0 Å². The van der Waals surface area contributed by atoms with Crippen LogP contribution in [0.3, 0.4) is 0 Å². The standard InChI is InChI=1S/C16H22N4O2S/c1-2-3-6-15(21)20-9-7-19(8-10-20)12-14-17-16(22-18-14)13-5-4-11-23-13/h4-5,11H,2-3,6-10,12H2,1H3. The molecule has 1 aliphatic heterocycles. The molecule has 0 bridgehead atoms. The van der Waals surface area contributed by atoms with Gasteiger partial charge in [-0.2, -0.15) is 4.98 Å². The summed E-state index contributed by atoms with van der Waals surface area (Å²) in [6, 6.07) is 3.95. The Kier molecular flexibility index (Phi) is 5.40. The molecule has 0 radical (unpaired) electrons. The molecule has 0 aliphatic carbocycles. The molecule has 124 valence electrons. The number of rotatable bonds is 6.